The van der Waals surface area contributed by atoms with Crippen molar-refractivity contribution in [2.24, 2.45) is 0 Å². The fourth-order valence-corrected chi connectivity index (χ4v) is 7.26. The minimum absolute atomic E-state index is 0.0312. The molecule has 8 aromatic rings. The molecule has 20 heteroatoms. The fourth-order valence-electron chi connectivity index (χ4n) is 7.26. The maximum atomic E-state index is 13.7. The molecular weight excluding hydrogens is 775 g/mol. The van der Waals surface area contributed by atoms with Gasteiger partial charge >= 0.3 is 0 Å². The molecule has 8 aromatic heterocycles. The van der Waals surface area contributed by atoms with Crippen molar-refractivity contribution in [1.82, 2.24) is 69.1 Å². The van der Waals surface area contributed by atoms with E-state index in [0.29, 0.717) is 58.8 Å². The quantitative estimate of drug-likeness (QED) is 0.164. The van der Waals surface area contributed by atoms with Gasteiger partial charge in [0.2, 0.25) is 11.9 Å². The van der Waals surface area contributed by atoms with Crippen LogP contribution in [0.2, 0.25) is 0 Å². The van der Waals surface area contributed by atoms with E-state index in [2.05, 4.69) is 70.7 Å². The van der Waals surface area contributed by atoms with Crippen LogP contribution in [0.25, 0.3) is 34.1 Å². The number of aromatic amines is 2. The van der Waals surface area contributed by atoms with Crippen molar-refractivity contribution in [3.8, 4) is 22.8 Å². The van der Waals surface area contributed by atoms with Crippen LogP contribution in [0.3, 0.4) is 0 Å². The molecule has 60 heavy (non-hydrogen) atoms. The molecule has 2 aliphatic carbocycles. The predicted molar refractivity (Wildman–Crippen MR) is 213 cm³/mol. The van der Waals surface area contributed by atoms with Gasteiger partial charge in [-0.05, 0) is 24.0 Å². The van der Waals surface area contributed by atoms with E-state index in [1.54, 1.807) is 34.1 Å². The lowest BCUT2D eigenvalue weighted by Gasteiger charge is -2.22. The molecule has 0 spiro atoms. The Kier molecular flexibility index (Phi) is 9.81. The highest BCUT2D eigenvalue weighted by atomic mass is 19.1. The van der Waals surface area contributed by atoms with Crippen LogP contribution in [-0.2, 0) is 35.3 Å². The van der Waals surface area contributed by atoms with Crippen LogP contribution in [-0.4, -0.2) is 92.7 Å². The van der Waals surface area contributed by atoms with Crippen molar-refractivity contribution < 1.29 is 18.4 Å². The first kappa shape index (κ1) is 38.2. The third kappa shape index (κ3) is 7.30. The number of aromatic nitrogens is 14. The number of Topliss-reactive ketones (excluding diaryl/α,β-unsaturated/α-hetero) is 2. The highest BCUT2D eigenvalue weighted by Crippen LogP contribution is 2.28. The monoisotopic (exact) mass is 812 g/mol. The molecule has 2 aliphatic rings. The van der Waals surface area contributed by atoms with Gasteiger partial charge in [0.05, 0.1) is 73.8 Å². The summed E-state index contributed by atoms with van der Waals surface area (Å²) in [5.41, 5.74) is 7.35. The van der Waals surface area contributed by atoms with Crippen LogP contribution in [0.15, 0.2) is 62.0 Å². The van der Waals surface area contributed by atoms with Crippen molar-refractivity contribution in [2.75, 3.05) is 10.6 Å². The van der Waals surface area contributed by atoms with Gasteiger partial charge in [-0.1, -0.05) is 27.7 Å². The number of nitrogens with zero attached hydrogens (tertiary/aromatic N) is 12. The van der Waals surface area contributed by atoms with Crippen LogP contribution >= 0.6 is 0 Å². The zero-order valence-electron chi connectivity index (χ0n) is 32.9. The van der Waals surface area contributed by atoms with Gasteiger partial charge in [-0.25, -0.2) is 28.7 Å². The Labute approximate surface area is 339 Å². The number of nitrogens with one attached hydrogen (secondary N) is 4. The van der Waals surface area contributed by atoms with Crippen molar-refractivity contribution in [3.63, 3.8) is 0 Å². The van der Waals surface area contributed by atoms with Gasteiger partial charge in [-0.15, -0.1) is 0 Å². The summed E-state index contributed by atoms with van der Waals surface area (Å²) in [5, 5.41) is 15.3. The zero-order valence-corrected chi connectivity index (χ0v) is 32.9. The second-order valence-corrected chi connectivity index (χ2v) is 15.2. The zero-order chi connectivity index (χ0) is 41.7. The summed E-state index contributed by atoms with van der Waals surface area (Å²) < 4.78 is 30.7. The van der Waals surface area contributed by atoms with E-state index in [1.165, 1.54) is 24.5 Å². The average Bonchev–Trinajstić information content (AvgIpc) is 4.05. The molecular formula is C40H38F2N16O2. The molecule has 0 bridgehead atoms. The number of anilines is 2. The number of carbonyl (C=O) groups excluding carboxylic acids is 2. The maximum Gasteiger partial charge on any atom is 0.228 e. The predicted octanol–water partition coefficient (Wildman–Crippen LogP) is 4.64. The Morgan fingerprint density at radius 3 is 1.47 bits per heavy atom. The number of imidazole rings is 2. The van der Waals surface area contributed by atoms with E-state index >= 15 is 0 Å². The first-order valence-electron chi connectivity index (χ1n) is 19.3. The minimum Gasteiger partial charge on any atom is -0.348 e. The lowest BCUT2D eigenvalue weighted by Crippen LogP contribution is -2.38. The van der Waals surface area contributed by atoms with Crippen LogP contribution < -0.4 is 10.6 Å². The Balaban J connectivity index is 0.000000154. The summed E-state index contributed by atoms with van der Waals surface area (Å²) in [7, 11) is 0. The lowest BCUT2D eigenvalue weighted by atomic mass is 9.95. The van der Waals surface area contributed by atoms with Gasteiger partial charge in [0.15, 0.2) is 34.5 Å². The standard InChI is InChI=1S/2C20H19FN8O/c2*1-10(2)13-8-25-29-19(13)27-18(11-3-12(21)7-22-6-11)28-20(29)26-16-4-14-15(5-17(16)30)24-9-23-14/h2*3,6-10,16H,4-5H2,1-2H3,(H,23,24)(H,26,27,28)/t2*16-/m10/s1. The first-order valence-corrected chi connectivity index (χ1v) is 19.3. The number of hydrogen-bond donors (Lipinski definition) is 4. The summed E-state index contributed by atoms with van der Waals surface area (Å²) in [6, 6.07) is 1.67. The molecule has 0 amide bonds. The number of rotatable bonds is 8. The van der Waals surface area contributed by atoms with Crippen LogP contribution in [0.1, 0.15) is 73.4 Å². The molecule has 10 rings (SSSR count). The van der Waals surface area contributed by atoms with Gasteiger partial charge in [-0.3, -0.25) is 19.6 Å². The SMILES string of the molecule is CC(C)c1cnn2c(N[C@@H]3Cc4nc[nH]c4CC3=O)nc(-c3cncc(F)c3)nc12.CC(C)c1cnn2c(N[C@H]3Cc4nc[nH]c4CC3=O)nc(-c3cncc(F)c3)nc12. The molecule has 0 radical (unpaired) electrons. The third-order valence-corrected chi connectivity index (χ3v) is 10.5. The second-order valence-electron chi connectivity index (χ2n) is 15.2. The maximum absolute atomic E-state index is 13.7. The van der Waals surface area contributed by atoms with Gasteiger partial charge in [0.25, 0.3) is 0 Å². The van der Waals surface area contributed by atoms with Gasteiger partial charge < -0.3 is 20.6 Å². The molecule has 8 heterocycles. The van der Waals surface area contributed by atoms with E-state index in [4.69, 9.17) is 0 Å². The van der Waals surface area contributed by atoms with Crippen LogP contribution in [0.5, 0.6) is 0 Å². The van der Waals surface area contributed by atoms with Gasteiger partial charge in [0, 0.05) is 58.9 Å². The molecule has 0 fully saturated rings. The number of ketones is 2. The summed E-state index contributed by atoms with van der Waals surface area (Å²) in [6.07, 6.45) is 13.4. The topological polar surface area (TPSA) is 228 Å². The third-order valence-electron chi connectivity index (χ3n) is 10.5. The van der Waals surface area contributed by atoms with Crippen molar-refractivity contribution in [2.45, 2.75) is 77.3 Å². The molecule has 0 aromatic carbocycles. The summed E-state index contributed by atoms with van der Waals surface area (Å²) in [6.45, 7) is 8.16. The molecule has 0 saturated carbocycles. The van der Waals surface area contributed by atoms with E-state index in [9.17, 15) is 18.4 Å². The molecule has 18 nitrogen and oxygen atoms in total. The van der Waals surface area contributed by atoms with E-state index in [1.807, 2.05) is 27.7 Å². The van der Waals surface area contributed by atoms with Crippen LogP contribution in [0, 0.1) is 11.6 Å². The Morgan fingerprint density at radius 1 is 0.633 bits per heavy atom. The van der Waals surface area contributed by atoms with Crippen molar-refractivity contribution in [3.05, 3.63) is 108 Å². The number of H-pyrrole nitrogens is 2. The summed E-state index contributed by atoms with van der Waals surface area (Å²) in [4.78, 5) is 66.0. The Bertz CT molecular complexity index is 2720. The fraction of sp³-hybridized carbons (Fsp3) is 0.300. The smallest absolute Gasteiger partial charge is 0.228 e. The molecule has 0 unspecified atom stereocenters. The summed E-state index contributed by atoms with van der Waals surface area (Å²) in [5.74, 6) is 0.803. The number of hydrogen-bond acceptors (Lipinski definition) is 14. The lowest BCUT2D eigenvalue weighted by molar-refractivity contribution is -0.120. The number of halogens is 2. The van der Waals surface area contributed by atoms with Crippen LogP contribution in [0.4, 0.5) is 20.7 Å². The van der Waals surface area contributed by atoms with E-state index < -0.39 is 23.7 Å². The Morgan fingerprint density at radius 2 is 1.07 bits per heavy atom. The molecule has 0 saturated heterocycles. The van der Waals surface area contributed by atoms with E-state index in [-0.39, 0.29) is 36.2 Å². The normalized spacial score (nSPS) is 16.3. The molecule has 0 aliphatic heterocycles. The van der Waals surface area contributed by atoms with Crippen molar-refractivity contribution >= 4 is 34.8 Å². The first-order chi connectivity index (χ1) is 29.0. The minimum atomic E-state index is -0.496. The van der Waals surface area contributed by atoms with Crippen molar-refractivity contribution in [1.29, 1.82) is 0 Å². The number of fused-ring (bicyclic) bond motifs is 4. The molecule has 304 valence electrons. The molecule has 2 atom stereocenters. The Hall–Kier alpha value is -7.38. The average molecular weight is 813 g/mol. The second kappa shape index (κ2) is 15.4. The number of carbonyl (C=O) groups is 2. The van der Waals surface area contributed by atoms with Gasteiger partial charge in [0.1, 0.15) is 11.6 Å². The van der Waals surface area contributed by atoms with E-state index in [0.717, 1.165) is 46.3 Å². The number of pyridine rings is 2. The highest BCUT2D eigenvalue weighted by Gasteiger charge is 2.31. The highest BCUT2D eigenvalue weighted by molar-refractivity contribution is 5.90. The van der Waals surface area contributed by atoms with Gasteiger partial charge in [-0.2, -0.15) is 29.2 Å². The largest absolute Gasteiger partial charge is 0.348 e. The summed E-state index contributed by atoms with van der Waals surface area (Å²) >= 11 is 0. The molecule has 4 N–H and O–H groups in total.